The number of nitrogens with zero attached hydrogens (tertiary/aromatic N) is 2. The van der Waals surface area contributed by atoms with Crippen molar-refractivity contribution in [1.29, 1.82) is 0 Å². The van der Waals surface area contributed by atoms with Crippen molar-refractivity contribution < 1.29 is 18.0 Å². The molecule has 0 radical (unpaired) electrons. The first kappa shape index (κ1) is 30.5. The van der Waals surface area contributed by atoms with Gasteiger partial charge in [0.2, 0.25) is 11.8 Å². The molecule has 0 spiro atoms. The second-order valence-corrected chi connectivity index (χ2v) is 12.1. The van der Waals surface area contributed by atoms with Crippen LogP contribution in [0, 0.1) is 20.8 Å². The predicted molar refractivity (Wildman–Crippen MR) is 157 cm³/mol. The number of aryl methyl sites for hydroxylation is 2. The number of carbonyl (C=O) groups excluding carboxylic acids is 2. The van der Waals surface area contributed by atoms with E-state index in [0.717, 1.165) is 21.0 Å². The second kappa shape index (κ2) is 12.9. The summed E-state index contributed by atoms with van der Waals surface area (Å²) < 4.78 is 29.0. The van der Waals surface area contributed by atoms with Crippen LogP contribution in [0.15, 0.2) is 65.6 Å². The topological polar surface area (TPSA) is 86.8 Å². The van der Waals surface area contributed by atoms with E-state index in [1.54, 1.807) is 56.3 Å². The maximum atomic E-state index is 14.0. The number of anilines is 1. The molecule has 10 heteroatoms. The molecule has 0 saturated heterocycles. The van der Waals surface area contributed by atoms with E-state index in [1.807, 2.05) is 26.8 Å². The Morgan fingerprint density at radius 2 is 1.62 bits per heavy atom. The molecule has 0 heterocycles. The summed E-state index contributed by atoms with van der Waals surface area (Å²) in [6.07, 6.45) is 0. The van der Waals surface area contributed by atoms with Crippen molar-refractivity contribution in [2.24, 2.45) is 0 Å². The van der Waals surface area contributed by atoms with Crippen LogP contribution in [0.2, 0.25) is 10.0 Å². The highest BCUT2D eigenvalue weighted by molar-refractivity contribution is 7.92. The zero-order valence-corrected chi connectivity index (χ0v) is 25.0. The fourth-order valence-corrected chi connectivity index (χ4v) is 5.89. The van der Waals surface area contributed by atoms with Crippen molar-refractivity contribution in [2.45, 2.75) is 52.1 Å². The number of rotatable bonds is 10. The van der Waals surface area contributed by atoms with E-state index in [2.05, 4.69) is 5.32 Å². The molecular weight excluding hydrogens is 557 g/mol. The normalized spacial score (nSPS) is 12.1. The van der Waals surface area contributed by atoms with Crippen LogP contribution < -0.4 is 9.62 Å². The molecule has 0 unspecified atom stereocenters. The molecule has 0 aliphatic rings. The molecule has 208 valence electrons. The van der Waals surface area contributed by atoms with Gasteiger partial charge in [0.15, 0.2) is 0 Å². The standard InChI is InChI=1S/C29H33Cl2N3O4S/c1-6-32-29(36)22(5)33(17-23-12-15-25(30)26(31)16-23)28(35)18-34(27-9-7-8-20(3)21(27)4)39(37,38)24-13-10-19(2)11-14-24/h7-16,22H,6,17-18H2,1-5H3,(H,32,36)/t22-/m0/s1. The minimum Gasteiger partial charge on any atom is -0.355 e. The number of benzene rings is 3. The van der Waals surface area contributed by atoms with Crippen LogP contribution in [0.25, 0.3) is 0 Å². The zero-order chi connectivity index (χ0) is 28.9. The van der Waals surface area contributed by atoms with Crippen LogP contribution >= 0.6 is 23.2 Å². The van der Waals surface area contributed by atoms with Crippen molar-refractivity contribution in [1.82, 2.24) is 10.2 Å². The Labute approximate surface area is 240 Å². The van der Waals surface area contributed by atoms with E-state index in [1.165, 1.54) is 17.0 Å². The number of hydrogen-bond donors (Lipinski definition) is 1. The van der Waals surface area contributed by atoms with E-state index in [-0.39, 0.29) is 17.3 Å². The third-order valence-corrected chi connectivity index (χ3v) is 9.10. The van der Waals surface area contributed by atoms with Gasteiger partial charge in [-0.25, -0.2) is 8.42 Å². The summed E-state index contributed by atoms with van der Waals surface area (Å²) in [4.78, 5) is 28.2. The highest BCUT2D eigenvalue weighted by Gasteiger charge is 2.33. The first-order chi connectivity index (χ1) is 18.4. The van der Waals surface area contributed by atoms with E-state index in [0.29, 0.717) is 27.8 Å². The minimum absolute atomic E-state index is 0.0270. The molecule has 3 aromatic rings. The van der Waals surface area contributed by atoms with Gasteiger partial charge >= 0.3 is 0 Å². The van der Waals surface area contributed by atoms with Crippen molar-refractivity contribution in [3.63, 3.8) is 0 Å². The number of nitrogens with one attached hydrogen (secondary N) is 1. The average Bonchev–Trinajstić information content (AvgIpc) is 2.89. The van der Waals surface area contributed by atoms with Crippen molar-refractivity contribution in [2.75, 3.05) is 17.4 Å². The Morgan fingerprint density at radius 3 is 2.23 bits per heavy atom. The highest BCUT2D eigenvalue weighted by atomic mass is 35.5. The van der Waals surface area contributed by atoms with Gasteiger partial charge in [-0.05, 0) is 81.6 Å². The minimum atomic E-state index is -4.13. The number of sulfonamides is 1. The largest absolute Gasteiger partial charge is 0.355 e. The molecule has 3 rings (SSSR count). The van der Waals surface area contributed by atoms with Gasteiger partial charge in [-0.1, -0.05) is 59.1 Å². The van der Waals surface area contributed by atoms with Crippen LogP contribution in [-0.2, 0) is 26.2 Å². The Kier molecular flexibility index (Phi) is 10.0. The smallest absolute Gasteiger partial charge is 0.264 e. The first-order valence-corrected chi connectivity index (χ1v) is 14.7. The molecule has 0 aromatic heterocycles. The second-order valence-electron chi connectivity index (χ2n) is 9.38. The van der Waals surface area contributed by atoms with Gasteiger partial charge in [0, 0.05) is 13.1 Å². The number of likely N-dealkylation sites (N-methyl/N-ethyl adjacent to an activating group) is 1. The summed E-state index contributed by atoms with van der Waals surface area (Å²) in [6.45, 7) is 8.86. The number of halogens is 2. The molecule has 0 bridgehead atoms. The lowest BCUT2D eigenvalue weighted by atomic mass is 10.1. The molecule has 0 saturated carbocycles. The highest BCUT2D eigenvalue weighted by Crippen LogP contribution is 2.30. The van der Waals surface area contributed by atoms with E-state index < -0.39 is 28.5 Å². The summed E-state index contributed by atoms with van der Waals surface area (Å²) in [5.41, 5.74) is 3.56. The molecule has 3 aromatic carbocycles. The van der Waals surface area contributed by atoms with Crippen LogP contribution in [0.4, 0.5) is 5.69 Å². The molecule has 39 heavy (non-hydrogen) atoms. The van der Waals surface area contributed by atoms with Crippen molar-refractivity contribution in [3.05, 3.63) is 93.0 Å². The molecule has 2 amide bonds. The van der Waals surface area contributed by atoms with Gasteiger partial charge in [-0.2, -0.15) is 0 Å². The van der Waals surface area contributed by atoms with Gasteiger partial charge in [0.05, 0.1) is 20.6 Å². The Hall–Kier alpha value is -3.07. The average molecular weight is 591 g/mol. The molecule has 1 atom stereocenters. The maximum Gasteiger partial charge on any atom is 0.264 e. The monoisotopic (exact) mass is 589 g/mol. The van der Waals surface area contributed by atoms with E-state index >= 15 is 0 Å². The third-order valence-electron chi connectivity index (χ3n) is 6.59. The molecule has 0 fully saturated rings. The Morgan fingerprint density at radius 1 is 0.949 bits per heavy atom. The fraction of sp³-hybridized carbons (Fsp3) is 0.310. The van der Waals surface area contributed by atoms with E-state index in [9.17, 15) is 18.0 Å². The maximum absolute atomic E-state index is 14.0. The third kappa shape index (κ3) is 7.12. The van der Waals surface area contributed by atoms with Crippen molar-refractivity contribution in [3.8, 4) is 0 Å². The van der Waals surface area contributed by atoms with Crippen LogP contribution in [0.1, 0.15) is 36.1 Å². The molecule has 0 aliphatic carbocycles. The number of amides is 2. The number of hydrogen-bond acceptors (Lipinski definition) is 4. The lowest BCUT2D eigenvalue weighted by Crippen LogP contribution is -2.51. The molecular formula is C29H33Cl2N3O4S. The Balaban J connectivity index is 2.08. The molecule has 0 aliphatic heterocycles. The SMILES string of the molecule is CCNC(=O)[C@H](C)N(Cc1ccc(Cl)c(Cl)c1)C(=O)CN(c1cccc(C)c1C)S(=O)(=O)c1ccc(C)cc1. The van der Waals surface area contributed by atoms with Gasteiger partial charge in [0.25, 0.3) is 10.0 Å². The van der Waals surface area contributed by atoms with Gasteiger partial charge < -0.3 is 10.2 Å². The lowest BCUT2D eigenvalue weighted by molar-refractivity contribution is -0.139. The molecule has 7 nitrogen and oxygen atoms in total. The predicted octanol–water partition coefficient (Wildman–Crippen LogP) is 5.67. The summed E-state index contributed by atoms with van der Waals surface area (Å²) >= 11 is 12.3. The molecule has 1 N–H and O–H groups in total. The van der Waals surface area contributed by atoms with Crippen molar-refractivity contribution >= 4 is 50.7 Å². The van der Waals surface area contributed by atoms with Crippen LogP contribution in [-0.4, -0.2) is 44.3 Å². The van der Waals surface area contributed by atoms with Crippen LogP contribution in [0.3, 0.4) is 0 Å². The quantitative estimate of drug-likeness (QED) is 0.330. The summed E-state index contributed by atoms with van der Waals surface area (Å²) in [5.74, 6) is -0.901. The fourth-order valence-electron chi connectivity index (χ4n) is 4.10. The summed E-state index contributed by atoms with van der Waals surface area (Å²) in [6, 6.07) is 15.9. The van der Waals surface area contributed by atoms with Gasteiger partial charge in [-0.15, -0.1) is 0 Å². The summed E-state index contributed by atoms with van der Waals surface area (Å²) in [7, 11) is -4.13. The van der Waals surface area contributed by atoms with E-state index in [4.69, 9.17) is 23.2 Å². The van der Waals surface area contributed by atoms with Gasteiger partial charge in [-0.3, -0.25) is 13.9 Å². The summed E-state index contributed by atoms with van der Waals surface area (Å²) in [5, 5.41) is 3.41. The van der Waals surface area contributed by atoms with Gasteiger partial charge in [0.1, 0.15) is 12.6 Å². The Bertz CT molecular complexity index is 1460. The number of carbonyl (C=O) groups is 2. The van der Waals surface area contributed by atoms with Crippen LogP contribution in [0.5, 0.6) is 0 Å². The lowest BCUT2D eigenvalue weighted by Gasteiger charge is -2.32. The first-order valence-electron chi connectivity index (χ1n) is 12.5. The zero-order valence-electron chi connectivity index (χ0n) is 22.7.